The van der Waals surface area contributed by atoms with E-state index in [1.165, 1.54) is 4.90 Å². The molecule has 1 N–H and O–H groups in total. The fourth-order valence-electron chi connectivity index (χ4n) is 3.64. The number of ketones is 1. The molecular weight excluding hydrogens is 418 g/mol. The number of aliphatic hydroxyl groups is 1. The van der Waals surface area contributed by atoms with Crippen LogP contribution in [0.15, 0.2) is 48.0 Å². The SMILES string of the molecule is CCCCN1C(=O)C(=O)/C(=C(\O)c2ccc(Cl)c(OCC)c2)C1c1ccc(OC)cc1. The van der Waals surface area contributed by atoms with Crippen molar-refractivity contribution in [2.45, 2.75) is 32.7 Å². The molecule has 0 spiro atoms. The van der Waals surface area contributed by atoms with Crippen LogP contribution < -0.4 is 9.47 Å². The topological polar surface area (TPSA) is 76.1 Å². The smallest absolute Gasteiger partial charge is 0.295 e. The van der Waals surface area contributed by atoms with E-state index in [4.69, 9.17) is 21.1 Å². The summed E-state index contributed by atoms with van der Waals surface area (Å²) in [5.74, 6) is -0.518. The number of ether oxygens (including phenoxy) is 2. The van der Waals surface area contributed by atoms with Gasteiger partial charge in [-0.25, -0.2) is 0 Å². The van der Waals surface area contributed by atoms with Crippen molar-refractivity contribution in [2.75, 3.05) is 20.3 Å². The van der Waals surface area contributed by atoms with Gasteiger partial charge in [-0.05, 0) is 49.2 Å². The number of hydrogen-bond donors (Lipinski definition) is 1. The Kier molecular flexibility index (Phi) is 7.23. The van der Waals surface area contributed by atoms with Gasteiger partial charge in [-0.3, -0.25) is 9.59 Å². The fraction of sp³-hybridized carbons (Fsp3) is 0.333. The van der Waals surface area contributed by atoms with Crippen LogP contribution in [-0.4, -0.2) is 42.0 Å². The number of hydrogen-bond acceptors (Lipinski definition) is 5. The van der Waals surface area contributed by atoms with Gasteiger partial charge in [0.15, 0.2) is 0 Å². The number of rotatable bonds is 8. The molecule has 1 saturated heterocycles. The molecule has 1 aliphatic rings. The molecule has 2 aromatic rings. The first-order valence-corrected chi connectivity index (χ1v) is 10.7. The van der Waals surface area contributed by atoms with Gasteiger partial charge in [0.2, 0.25) is 0 Å². The van der Waals surface area contributed by atoms with Gasteiger partial charge >= 0.3 is 0 Å². The van der Waals surface area contributed by atoms with E-state index in [1.807, 2.05) is 13.8 Å². The molecule has 0 aliphatic carbocycles. The highest BCUT2D eigenvalue weighted by molar-refractivity contribution is 6.46. The molecule has 1 atom stereocenters. The highest BCUT2D eigenvalue weighted by Crippen LogP contribution is 2.40. The highest BCUT2D eigenvalue weighted by Gasteiger charge is 2.45. The van der Waals surface area contributed by atoms with Crippen LogP contribution in [0.5, 0.6) is 11.5 Å². The minimum Gasteiger partial charge on any atom is -0.507 e. The molecule has 0 aromatic heterocycles. The van der Waals surface area contributed by atoms with Gasteiger partial charge in [-0.2, -0.15) is 0 Å². The zero-order valence-corrected chi connectivity index (χ0v) is 18.6. The van der Waals surface area contributed by atoms with Crippen molar-refractivity contribution in [3.8, 4) is 11.5 Å². The number of Topliss-reactive ketones (excluding diaryl/α,β-unsaturated/α-hetero) is 1. The second-order valence-electron chi connectivity index (χ2n) is 7.20. The van der Waals surface area contributed by atoms with Gasteiger partial charge in [-0.15, -0.1) is 0 Å². The maximum Gasteiger partial charge on any atom is 0.295 e. The van der Waals surface area contributed by atoms with E-state index < -0.39 is 17.7 Å². The monoisotopic (exact) mass is 443 g/mol. The molecule has 164 valence electrons. The maximum absolute atomic E-state index is 13.0. The van der Waals surface area contributed by atoms with Crippen molar-refractivity contribution in [1.29, 1.82) is 0 Å². The van der Waals surface area contributed by atoms with Crippen LogP contribution >= 0.6 is 11.6 Å². The average Bonchev–Trinajstić information content (AvgIpc) is 3.03. The summed E-state index contributed by atoms with van der Waals surface area (Å²) < 4.78 is 10.7. The lowest BCUT2D eigenvalue weighted by Gasteiger charge is -2.25. The van der Waals surface area contributed by atoms with Crippen LogP contribution in [0.25, 0.3) is 5.76 Å². The van der Waals surface area contributed by atoms with Crippen molar-refractivity contribution in [1.82, 2.24) is 4.90 Å². The molecule has 0 saturated carbocycles. The molecule has 3 rings (SSSR count). The van der Waals surface area contributed by atoms with Crippen molar-refractivity contribution >= 4 is 29.1 Å². The lowest BCUT2D eigenvalue weighted by molar-refractivity contribution is -0.139. The van der Waals surface area contributed by atoms with Crippen molar-refractivity contribution < 1.29 is 24.2 Å². The Labute approximate surface area is 187 Å². The molecule has 1 unspecified atom stereocenters. The van der Waals surface area contributed by atoms with Gasteiger partial charge in [0.25, 0.3) is 11.7 Å². The minimum absolute atomic E-state index is 0.0519. The van der Waals surface area contributed by atoms with Crippen LogP contribution in [0.2, 0.25) is 5.02 Å². The summed E-state index contributed by atoms with van der Waals surface area (Å²) in [6.45, 7) is 4.66. The second-order valence-corrected chi connectivity index (χ2v) is 7.60. The molecule has 1 heterocycles. The molecule has 1 aliphatic heterocycles. The predicted octanol–water partition coefficient (Wildman–Crippen LogP) is 4.97. The summed E-state index contributed by atoms with van der Waals surface area (Å²) in [7, 11) is 1.57. The number of carbonyl (C=O) groups excluding carboxylic acids is 2. The number of methoxy groups -OCH3 is 1. The summed E-state index contributed by atoms with van der Waals surface area (Å²) in [6.07, 6.45) is 1.61. The number of benzene rings is 2. The van der Waals surface area contributed by atoms with Gasteiger partial charge in [-0.1, -0.05) is 37.1 Å². The number of nitrogens with zero attached hydrogens (tertiary/aromatic N) is 1. The fourth-order valence-corrected chi connectivity index (χ4v) is 3.82. The van der Waals surface area contributed by atoms with Gasteiger partial charge in [0.1, 0.15) is 17.3 Å². The summed E-state index contributed by atoms with van der Waals surface area (Å²) in [4.78, 5) is 27.4. The van der Waals surface area contributed by atoms with Gasteiger partial charge in [0.05, 0.1) is 30.4 Å². The molecule has 2 aromatic carbocycles. The third kappa shape index (κ3) is 4.54. The normalized spacial score (nSPS) is 17.8. The van der Waals surface area contributed by atoms with E-state index in [0.29, 0.717) is 35.2 Å². The lowest BCUT2D eigenvalue weighted by Crippen LogP contribution is -2.30. The third-order valence-electron chi connectivity index (χ3n) is 5.23. The standard InChI is InChI=1S/C24H26ClNO5/c1-4-6-13-26-21(15-7-10-17(30-3)11-8-15)20(23(28)24(26)29)22(27)16-9-12-18(25)19(14-16)31-5-2/h7-12,14,21,27H,4-6,13H2,1-3H3/b22-20-. The minimum atomic E-state index is -0.706. The van der Waals surface area contributed by atoms with Crippen LogP contribution in [0, 0.1) is 0 Å². The van der Waals surface area contributed by atoms with E-state index in [9.17, 15) is 14.7 Å². The maximum atomic E-state index is 13.0. The van der Waals surface area contributed by atoms with Crippen molar-refractivity contribution in [2.24, 2.45) is 0 Å². The Balaban J connectivity index is 2.14. The molecule has 31 heavy (non-hydrogen) atoms. The number of aliphatic hydroxyl groups excluding tert-OH is 1. The number of likely N-dealkylation sites (tertiary alicyclic amines) is 1. The van der Waals surface area contributed by atoms with Crippen molar-refractivity contribution in [3.05, 3.63) is 64.2 Å². The molecule has 1 fully saturated rings. The zero-order chi connectivity index (χ0) is 22.5. The van der Waals surface area contributed by atoms with E-state index in [0.717, 1.165) is 18.4 Å². The first-order valence-electron chi connectivity index (χ1n) is 10.3. The molecule has 7 heteroatoms. The van der Waals surface area contributed by atoms with Crippen LogP contribution in [-0.2, 0) is 9.59 Å². The first kappa shape index (κ1) is 22.7. The Morgan fingerprint density at radius 3 is 2.45 bits per heavy atom. The van der Waals surface area contributed by atoms with Crippen LogP contribution in [0.1, 0.15) is 43.9 Å². The lowest BCUT2D eigenvalue weighted by atomic mass is 9.95. The number of carbonyl (C=O) groups is 2. The first-order chi connectivity index (χ1) is 14.9. The molecule has 0 bridgehead atoms. The Morgan fingerprint density at radius 2 is 1.84 bits per heavy atom. The van der Waals surface area contributed by atoms with E-state index in [-0.39, 0.29) is 11.3 Å². The summed E-state index contributed by atoms with van der Waals surface area (Å²) in [6, 6.07) is 11.2. The molecule has 0 radical (unpaired) electrons. The molecule has 6 nitrogen and oxygen atoms in total. The Bertz CT molecular complexity index is 1000. The van der Waals surface area contributed by atoms with E-state index in [1.54, 1.807) is 49.6 Å². The zero-order valence-electron chi connectivity index (χ0n) is 17.9. The van der Waals surface area contributed by atoms with Crippen LogP contribution in [0.3, 0.4) is 0 Å². The van der Waals surface area contributed by atoms with Gasteiger partial charge < -0.3 is 19.5 Å². The predicted molar refractivity (Wildman–Crippen MR) is 120 cm³/mol. The number of halogens is 1. The number of amides is 1. The van der Waals surface area contributed by atoms with Crippen LogP contribution in [0.4, 0.5) is 0 Å². The Hall–Kier alpha value is -2.99. The highest BCUT2D eigenvalue weighted by atomic mass is 35.5. The molecule has 1 amide bonds. The quantitative estimate of drug-likeness (QED) is 0.354. The second kappa shape index (κ2) is 9.88. The average molecular weight is 444 g/mol. The summed E-state index contributed by atoms with van der Waals surface area (Å²) in [5, 5.41) is 11.5. The Morgan fingerprint density at radius 1 is 1.13 bits per heavy atom. The van der Waals surface area contributed by atoms with Crippen molar-refractivity contribution in [3.63, 3.8) is 0 Å². The van der Waals surface area contributed by atoms with E-state index in [2.05, 4.69) is 0 Å². The third-order valence-corrected chi connectivity index (χ3v) is 5.54. The molecular formula is C24H26ClNO5. The summed E-state index contributed by atoms with van der Waals surface area (Å²) in [5.41, 5.74) is 1.13. The number of unbranched alkanes of at least 4 members (excludes halogenated alkanes) is 1. The van der Waals surface area contributed by atoms with E-state index >= 15 is 0 Å². The largest absolute Gasteiger partial charge is 0.507 e. The summed E-state index contributed by atoms with van der Waals surface area (Å²) >= 11 is 6.16. The van der Waals surface area contributed by atoms with Gasteiger partial charge in [0, 0.05) is 12.1 Å².